The van der Waals surface area contributed by atoms with Crippen LogP contribution in [0.15, 0.2) is 46.9 Å². The molecule has 0 radical (unpaired) electrons. The molecule has 4 nitrogen and oxygen atoms in total. The Bertz CT molecular complexity index is 816. The zero-order valence-electron chi connectivity index (χ0n) is 16.8. The number of carbonyl (C=O) groups is 1. The summed E-state index contributed by atoms with van der Waals surface area (Å²) in [7, 11) is 1.55. The van der Waals surface area contributed by atoms with Crippen LogP contribution in [0.4, 0.5) is 8.78 Å². The minimum atomic E-state index is -2.52. The summed E-state index contributed by atoms with van der Waals surface area (Å²) in [5.41, 5.74) is 1.43. The van der Waals surface area contributed by atoms with Gasteiger partial charge >= 0.3 is 0 Å². The van der Waals surface area contributed by atoms with Gasteiger partial charge in [0.15, 0.2) is 0 Å². The molecule has 0 N–H and O–H groups in total. The number of ether oxygens (including phenoxy) is 2. The standard InChI is InChI=1S/C20H20BrF2NO3.C2H6/c1-26-18-11-14(7-8-16(18)21)20(25)24-9-3-6-17(24)13-4-2-5-15(10-13)27-12-19(22)23;1-2/h2,4-5,7-8,10-11,17,19H,3,6,9,12H2,1H3;1-2H3. The van der Waals surface area contributed by atoms with E-state index in [0.29, 0.717) is 23.6 Å². The van der Waals surface area contributed by atoms with Crippen LogP contribution in [-0.4, -0.2) is 37.5 Å². The number of likely N-dealkylation sites (tertiary alicyclic amines) is 1. The molecule has 29 heavy (non-hydrogen) atoms. The lowest BCUT2D eigenvalue weighted by Gasteiger charge is -2.26. The van der Waals surface area contributed by atoms with Gasteiger partial charge in [0.05, 0.1) is 17.6 Å². The average molecular weight is 470 g/mol. The normalized spacial score (nSPS) is 15.7. The highest BCUT2D eigenvalue weighted by atomic mass is 79.9. The Morgan fingerprint density at radius 3 is 2.69 bits per heavy atom. The number of benzene rings is 2. The molecule has 0 aliphatic carbocycles. The molecule has 0 bridgehead atoms. The SMILES string of the molecule is CC.COc1cc(C(=O)N2CCCC2c2cccc(OCC(F)F)c2)ccc1Br. The molecule has 2 aromatic carbocycles. The maximum atomic E-state index is 13.0. The van der Waals surface area contributed by atoms with Gasteiger partial charge in [0, 0.05) is 12.1 Å². The van der Waals surface area contributed by atoms with E-state index in [1.54, 1.807) is 43.5 Å². The third kappa shape index (κ3) is 5.92. The van der Waals surface area contributed by atoms with E-state index in [2.05, 4.69) is 15.9 Å². The Kier molecular flexibility index (Phi) is 8.89. The van der Waals surface area contributed by atoms with Crippen molar-refractivity contribution in [3.8, 4) is 11.5 Å². The van der Waals surface area contributed by atoms with Crippen molar-refractivity contribution < 1.29 is 23.0 Å². The molecule has 1 amide bonds. The van der Waals surface area contributed by atoms with Gasteiger partial charge in [0.1, 0.15) is 18.1 Å². The summed E-state index contributed by atoms with van der Waals surface area (Å²) in [6.07, 6.45) is -0.824. The fraction of sp³-hybridized carbons (Fsp3) is 0.409. The molecule has 1 fully saturated rings. The van der Waals surface area contributed by atoms with E-state index >= 15 is 0 Å². The van der Waals surface area contributed by atoms with Gasteiger partial charge in [-0.3, -0.25) is 4.79 Å². The summed E-state index contributed by atoms with van der Waals surface area (Å²) >= 11 is 3.39. The number of amides is 1. The highest BCUT2D eigenvalue weighted by Crippen LogP contribution is 2.35. The Hall–Kier alpha value is -2.15. The Morgan fingerprint density at radius 1 is 1.24 bits per heavy atom. The Morgan fingerprint density at radius 2 is 2.00 bits per heavy atom. The van der Waals surface area contributed by atoms with E-state index in [9.17, 15) is 13.6 Å². The number of methoxy groups -OCH3 is 1. The molecule has 1 aliphatic rings. The number of rotatable bonds is 6. The number of nitrogens with zero attached hydrogens (tertiary/aromatic N) is 1. The number of halogens is 3. The van der Waals surface area contributed by atoms with Crippen LogP contribution in [0.5, 0.6) is 11.5 Å². The van der Waals surface area contributed by atoms with Crippen LogP contribution < -0.4 is 9.47 Å². The van der Waals surface area contributed by atoms with Gasteiger partial charge in [0.25, 0.3) is 12.3 Å². The number of carbonyl (C=O) groups excluding carboxylic acids is 1. The van der Waals surface area contributed by atoms with Gasteiger partial charge in [-0.1, -0.05) is 26.0 Å². The molecule has 0 aromatic heterocycles. The smallest absolute Gasteiger partial charge is 0.272 e. The monoisotopic (exact) mass is 469 g/mol. The predicted molar refractivity (Wildman–Crippen MR) is 113 cm³/mol. The van der Waals surface area contributed by atoms with Crippen molar-refractivity contribution in [3.63, 3.8) is 0 Å². The first-order valence-corrected chi connectivity index (χ1v) is 10.4. The fourth-order valence-corrected chi connectivity index (χ4v) is 3.69. The molecule has 2 aromatic rings. The maximum Gasteiger partial charge on any atom is 0.272 e. The number of hydrogen-bond acceptors (Lipinski definition) is 3. The molecular formula is C22H26BrF2NO3. The molecule has 1 aliphatic heterocycles. The molecule has 1 atom stereocenters. The fourth-order valence-electron chi connectivity index (χ4n) is 3.29. The van der Waals surface area contributed by atoms with Crippen LogP contribution in [0.25, 0.3) is 0 Å². The molecule has 158 valence electrons. The minimum Gasteiger partial charge on any atom is -0.496 e. The van der Waals surface area contributed by atoms with Crippen LogP contribution in [0.2, 0.25) is 0 Å². The lowest BCUT2D eigenvalue weighted by atomic mass is 10.0. The first-order valence-electron chi connectivity index (χ1n) is 9.65. The van der Waals surface area contributed by atoms with Crippen molar-refractivity contribution in [2.75, 3.05) is 20.3 Å². The number of hydrogen-bond donors (Lipinski definition) is 0. The molecule has 1 saturated heterocycles. The van der Waals surface area contributed by atoms with Crippen LogP contribution in [0.3, 0.4) is 0 Å². The first-order chi connectivity index (χ1) is 14.0. The number of alkyl halides is 2. The lowest BCUT2D eigenvalue weighted by Crippen LogP contribution is -2.30. The topological polar surface area (TPSA) is 38.8 Å². The Labute approximate surface area is 178 Å². The summed E-state index contributed by atoms with van der Waals surface area (Å²) in [6, 6.07) is 12.2. The van der Waals surface area contributed by atoms with Gasteiger partial charge < -0.3 is 14.4 Å². The average Bonchev–Trinajstić information content (AvgIpc) is 3.23. The molecule has 7 heteroatoms. The summed E-state index contributed by atoms with van der Waals surface area (Å²) < 4.78 is 35.9. The van der Waals surface area contributed by atoms with Crippen molar-refractivity contribution in [2.45, 2.75) is 39.2 Å². The van der Waals surface area contributed by atoms with Crippen LogP contribution >= 0.6 is 15.9 Å². The summed E-state index contributed by atoms with van der Waals surface area (Å²) in [5, 5.41) is 0. The third-order valence-corrected chi connectivity index (χ3v) is 5.19. The first kappa shape index (κ1) is 23.1. The van der Waals surface area contributed by atoms with Gasteiger partial charge in [-0.2, -0.15) is 0 Å². The second-order valence-electron chi connectivity index (χ2n) is 6.28. The van der Waals surface area contributed by atoms with E-state index in [4.69, 9.17) is 9.47 Å². The van der Waals surface area contributed by atoms with Crippen molar-refractivity contribution in [3.05, 3.63) is 58.1 Å². The largest absolute Gasteiger partial charge is 0.496 e. The predicted octanol–water partition coefficient (Wildman–Crippen LogP) is 6.11. The minimum absolute atomic E-state index is 0.0813. The van der Waals surface area contributed by atoms with Crippen molar-refractivity contribution in [1.82, 2.24) is 4.90 Å². The van der Waals surface area contributed by atoms with Gasteiger partial charge in [-0.05, 0) is 64.7 Å². The second kappa shape index (κ2) is 11.1. The highest BCUT2D eigenvalue weighted by molar-refractivity contribution is 9.10. The summed E-state index contributed by atoms with van der Waals surface area (Å²) in [5.74, 6) is 0.901. The zero-order valence-corrected chi connectivity index (χ0v) is 18.4. The quantitative estimate of drug-likeness (QED) is 0.512. The van der Waals surface area contributed by atoms with E-state index in [0.717, 1.165) is 22.9 Å². The van der Waals surface area contributed by atoms with Gasteiger partial charge in [0.2, 0.25) is 0 Å². The zero-order chi connectivity index (χ0) is 21.4. The molecule has 0 saturated carbocycles. The third-order valence-electron chi connectivity index (χ3n) is 4.53. The van der Waals surface area contributed by atoms with Crippen LogP contribution in [-0.2, 0) is 0 Å². The lowest BCUT2D eigenvalue weighted by molar-refractivity contribution is 0.0734. The van der Waals surface area contributed by atoms with Crippen molar-refractivity contribution in [1.29, 1.82) is 0 Å². The van der Waals surface area contributed by atoms with Crippen LogP contribution in [0.1, 0.15) is 48.7 Å². The highest BCUT2D eigenvalue weighted by Gasteiger charge is 2.31. The molecule has 0 spiro atoms. The van der Waals surface area contributed by atoms with E-state index in [-0.39, 0.29) is 11.9 Å². The summed E-state index contributed by atoms with van der Waals surface area (Å²) in [6.45, 7) is 4.00. The Balaban J connectivity index is 0.00000145. The van der Waals surface area contributed by atoms with Gasteiger partial charge in [-0.15, -0.1) is 0 Å². The van der Waals surface area contributed by atoms with Gasteiger partial charge in [-0.25, -0.2) is 8.78 Å². The summed E-state index contributed by atoms with van der Waals surface area (Å²) in [4.78, 5) is 14.8. The van der Waals surface area contributed by atoms with E-state index in [1.807, 2.05) is 24.8 Å². The molecule has 3 rings (SSSR count). The second-order valence-corrected chi connectivity index (χ2v) is 7.13. The molecule has 1 unspecified atom stereocenters. The molecule has 1 heterocycles. The maximum absolute atomic E-state index is 13.0. The molecular weight excluding hydrogens is 444 g/mol. The van der Waals surface area contributed by atoms with Crippen molar-refractivity contribution in [2.24, 2.45) is 0 Å². The van der Waals surface area contributed by atoms with E-state index < -0.39 is 13.0 Å². The van der Waals surface area contributed by atoms with Crippen LogP contribution in [0, 0.1) is 0 Å². The van der Waals surface area contributed by atoms with E-state index in [1.165, 1.54) is 0 Å². The van der Waals surface area contributed by atoms with Crippen molar-refractivity contribution >= 4 is 21.8 Å².